The summed E-state index contributed by atoms with van der Waals surface area (Å²) >= 11 is 0. The highest BCUT2D eigenvalue weighted by Crippen LogP contribution is 2.41. The van der Waals surface area contributed by atoms with Gasteiger partial charge in [-0.25, -0.2) is 0 Å². The van der Waals surface area contributed by atoms with Gasteiger partial charge in [0.2, 0.25) is 5.91 Å². The fraction of sp³-hybridized carbons (Fsp3) is 0.947. The van der Waals surface area contributed by atoms with Crippen molar-refractivity contribution in [1.29, 1.82) is 0 Å². The molecule has 3 N–H and O–H groups in total. The fourth-order valence-electron chi connectivity index (χ4n) is 5.15. The van der Waals surface area contributed by atoms with E-state index in [1.54, 1.807) is 0 Å². The molecule has 0 spiro atoms. The second kappa shape index (κ2) is 7.52. The Balaban J connectivity index is 1.46. The summed E-state index contributed by atoms with van der Waals surface area (Å²) in [6.07, 6.45) is 8.43. The van der Waals surface area contributed by atoms with Crippen LogP contribution in [0.1, 0.15) is 58.8 Å². The number of carbonyl (C=O) groups excluding carboxylic acids is 1. The molecule has 4 unspecified atom stereocenters. The maximum absolute atomic E-state index is 12.6. The summed E-state index contributed by atoms with van der Waals surface area (Å²) in [5, 5.41) is 3.25. The maximum atomic E-state index is 12.6. The highest BCUT2D eigenvalue weighted by molar-refractivity contribution is 5.78. The Labute approximate surface area is 141 Å². The van der Waals surface area contributed by atoms with Crippen LogP contribution in [0, 0.1) is 23.7 Å². The van der Waals surface area contributed by atoms with Crippen molar-refractivity contribution in [3.8, 4) is 0 Å². The molecule has 1 amide bonds. The van der Waals surface area contributed by atoms with Crippen molar-refractivity contribution >= 4 is 5.91 Å². The van der Waals surface area contributed by atoms with E-state index in [4.69, 9.17) is 5.73 Å². The Hall–Kier alpha value is -0.610. The lowest BCUT2D eigenvalue weighted by Gasteiger charge is -2.43. The van der Waals surface area contributed by atoms with Gasteiger partial charge in [0.15, 0.2) is 0 Å². The van der Waals surface area contributed by atoms with E-state index in [-0.39, 0.29) is 11.8 Å². The number of carbonyl (C=O) groups is 1. The molecule has 0 aromatic carbocycles. The number of hydrogen-bond donors (Lipinski definition) is 2. The van der Waals surface area contributed by atoms with E-state index in [2.05, 4.69) is 24.1 Å². The predicted molar refractivity (Wildman–Crippen MR) is 94.0 cm³/mol. The monoisotopic (exact) mass is 321 g/mol. The molecule has 1 saturated heterocycles. The van der Waals surface area contributed by atoms with Crippen LogP contribution in [0.4, 0.5) is 0 Å². The van der Waals surface area contributed by atoms with Crippen LogP contribution in [-0.4, -0.2) is 42.5 Å². The molecule has 4 atom stereocenters. The lowest BCUT2D eigenvalue weighted by atomic mass is 9.65. The first-order valence-electron chi connectivity index (χ1n) is 9.82. The van der Waals surface area contributed by atoms with Gasteiger partial charge in [0.1, 0.15) is 0 Å². The number of fused-ring (bicyclic) bond motifs is 2. The number of piperidine rings is 1. The minimum Gasteiger partial charge on any atom is -0.354 e. The molecule has 4 heteroatoms. The Morgan fingerprint density at radius 1 is 1.22 bits per heavy atom. The molecule has 2 bridgehead atoms. The first-order chi connectivity index (χ1) is 11.0. The largest absolute Gasteiger partial charge is 0.354 e. The molecule has 1 aliphatic heterocycles. The lowest BCUT2D eigenvalue weighted by molar-refractivity contribution is -0.128. The van der Waals surface area contributed by atoms with Gasteiger partial charge in [0.25, 0.3) is 0 Å². The fourth-order valence-corrected chi connectivity index (χ4v) is 5.15. The molecule has 2 aliphatic carbocycles. The molecule has 0 radical (unpaired) electrons. The Morgan fingerprint density at radius 2 is 1.91 bits per heavy atom. The Bertz CT molecular complexity index is 399. The van der Waals surface area contributed by atoms with Gasteiger partial charge in [-0.05, 0) is 69.7 Å². The third-order valence-corrected chi connectivity index (χ3v) is 6.67. The molecular formula is C19H35N3O. The van der Waals surface area contributed by atoms with Crippen LogP contribution >= 0.6 is 0 Å². The van der Waals surface area contributed by atoms with Crippen LogP contribution in [0.2, 0.25) is 0 Å². The van der Waals surface area contributed by atoms with Crippen molar-refractivity contribution in [2.24, 2.45) is 29.4 Å². The van der Waals surface area contributed by atoms with E-state index in [1.807, 2.05) is 0 Å². The lowest BCUT2D eigenvalue weighted by Crippen LogP contribution is -2.51. The molecule has 3 rings (SSSR count). The van der Waals surface area contributed by atoms with Gasteiger partial charge in [0.05, 0.1) is 0 Å². The van der Waals surface area contributed by atoms with Crippen LogP contribution < -0.4 is 11.1 Å². The molecular weight excluding hydrogens is 286 g/mol. The molecule has 3 aliphatic rings. The second-order valence-corrected chi connectivity index (χ2v) is 8.53. The first kappa shape index (κ1) is 17.2. The summed E-state index contributed by atoms with van der Waals surface area (Å²) < 4.78 is 0. The molecule has 3 fully saturated rings. The number of nitrogens with one attached hydrogen (secondary N) is 1. The highest BCUT2D eigenvalue weighted by Gasteiger charge is 2.40. The summed E-state index contributed by atoms with van der Waals surface area (Å²) in [5.41, 5.74) is 6.34. The number of amides is 1. The Morgan fingerprint density at radius 3 is 2.57 bits per heavy atom. The van der Waals surface area contributed by atoms with Gasteiger partial charge in [0, 0.05) is 31.1 Å². The average Bonchev–Trinajstić information content (AvgIpc) is 2.52. The first-order valence-corrected chi connectivity index (χ1v) is 9.82. The van der Waals surface area contributed by atoms with Gasteiger partial charge < -0.3 is 11.1 Å². The number of likely N-dealkylation sites (tertiary alicyclic amines) is 1. The van der Waals surface area contributed by atoms with Crippen molar-refractivity contribution in [2.45, 2.75) is 70.9 Å². The summed E-state index contributed by atoms with van der Waals surface area (Å²) in [6.45, 7) is 7.75. The van der Waals surface area contributed by atoms with Crippen LogP contribution in [0.3, 0.4) is 0 Å². The van der Waals surface area contributed by atoms with Crippen LogP contribution in [0.15, 0.2) is 0 Å². The summed E-state index contributed by atoms with van der Waals surface area (Å²) in [4.78, 5) is 15.2. The van der Waals surface area contributed by atoms with Crippen molar-refractivity contribution < 1.29 is 4.79 Å². The van der Waals surface area contributed by atoms with Gasteiger partial charge >= 0.3 is 0 Å². The van der Waals surface area contributed by atoms with Gasteiger partial charge in [-0.1, -0.05) is 13.3 Å². The van der Waals surface area contributed by atoms with Gasteiger partial charge in [-0.2, -0.15) is 0 Å². The highest BCUT2D eigenvalue weighted by atomic mass is 16.1. The second-order valence-electron chi connectivity index (χ2n) is 8.53. The molecule has 0 aromatic rings. The van der Waals surface area contributed by atoms with E-state index in [0.29, 0.717) is 23.9 Å². The molecule has 4 nitrogen and oxygen atoms in total. The smallest absolute Gasteiger partial charge is 0.223 e. The van der Waals surface area contributed by atoms with Crippen molar-refractivity contribution in [1.82, 2.24) is 10.2 Å². The maximum Gasteiger partial charge on any atom is 0.223 e. The van der Waals surface area contributed by atoms with Gasteiger partial charge in [-0.3, -0.25) is 9.69 Å². The number of rotatable bonds is 4. The third kappa shape index (κ3) is 4.08. The van der Waals surface area contributed by atoms with Crippen LogP contribution in [0.25, 0.3) is 0 Å². The minimum absolute atomic E-state index is 0.206. The molecule has 2 saturated carbocycles. The third-order valence-electron chi connectivity index (χ3n) is 6.67. The number of hydrogen-bond acceptors (Lipinski definition) is 3. The van der Waals surface area contributed by atoms with Crippen molar-refractivity contribution in [3.63, 3.8) is 0 Å². The summed E-state index contributed by atoms with van der Waals surface area (Å²) in [6, 6.07) is 0.800. The molecule has 1 heterocycles. The average molecular weight is 322 g/mol. The van der Waals surface area contributed by atoms with Crippen molar-refractivity contribution in [2.75, 3.05) is 19.6 Å². The molecule has 132 valence electrons. The Kier molecular flexibility index (Phi) is 5.63. The van der Waals surface area contributed by atoms with E-state index in [9.17, 15) is 4.79 Å². The van der Waals surface area contributed by atoms with E-state index >= 15 is 0 Å². The molecule has 23 heavy (non-hydrogen) atoms. The van der Waals surface area contributed by atoms with Crippen LogP contribution in [0.5, 0.6) is 0 Å². The SMILES string of the molecule is CC1CCCN(C(C)CNC(=O)C2CC3CCCC(C2)C3N)C1. The zero-order valence-corrected chi connectivity index (χ0v) is 15.0. The quantitative estimate of drug-likeness (QED) is 0.836. The summed E-state index contributed by atoms with van der Waals surface area (Å²) in [5.74, 6) is 2.45. The predicted octanol–water partition coefficient (Wildman–Crippen LogP) is 2.38. The zero-order valence-electron chi connectivity index (χ0n) is 15.0. The van der Waals surface area contributed by atoms with Gasteiger partial charge in [-0.15, -0.1) is 0 Å². The topological polar surface area (TPSA) is 58.4 Å². The van der Waals surface area contributed by atoms with E-state index < -0.39 is 0 Å². The summed E-state index contributed by atoms with van der Waals surface area (Å²) in [7, 11) is 0. The normalized spacial score (nSPS) is 39.7. The number of nitrogens with two attached hydrogens (primary N) is 1. The van der Waals surface area contributed by atoms with Crippen molar-refractivity contribution in [3.05, 3.63) is 0 Å². The van der Waals surface area contributed by atoms with E-state index in [0.717, 1.165) is 25.3 Å². The number of nitrogens with zero attached hydrogens (tertiary/aromatic N) is 1. The zero-order chi connectivity index (χ0) is 16.4. The van der Waals surface area contributed by atoms with Crippen LogP contribution in [-0.2, 0) is 4.79 Å². The molecule has 0 aromatic heterocycles. The van der Waals surface area contributed by atoms with E-state index in [1.165, 1.54) is 45.2 Å². The standard InChI is InChI=1S/C19H35N3O/c1-13-5-4-8-22(12-13)14(2)11-21-19(23)17-9-15-6-3-7-16(10-17)18(15)20/h13-18H,3-12,20H2,1-2H3,(H,21,23). The minimum atomic E-state index is 0.206.